The van der Waals surface area contributed by atoms with Crippen molar-refractivity contribution in [1.29, 1.82) is 0 Å². The fourth-order valence-corrected chi connectivity index (χ4v) is 5.51. The molecule has 2 aromatic rings. The van der Waals surface area contributed by atoms with Gasteiger partial charge in [0.2, 0.25) is 5.91 Å². The molecule has 1 aliphatic rings. The number of benzene rings is 2. The Morgan fingerprint density at radius 3 is 2.41 bits per heavy atom. The maximum atomic E-state index is 13.7. The third kappa shape index (κ3) is 8.19. The van der Waals surface area contributed by atoms with Crippen LogP contribution in [-0.2, 0) is 19.4 Å². The zero-order valence-electron chi connectivity index (χ0n) is 23.3. The van der Waals surface area contributed by atoms with Crippen molar-refractivity contribution in [2.24, 2.45) is 5.73 Å². The Hall–Kier alpha value is -4.13. The average molecular weight is 590 g/mol. The van der Waals surface area contributed by atoms with Gasteiger partial charge in [-0.25, -0.2) is 13.2 Å². The number of carbonyl (C=O) groups excluding carboxylic acids is 4. The van der Waals surface area contributed by atoms with Crippen LogP contribution in [0.2, 0.25) is 0 Å². The van der Waals surface area contributed by atoms with Crippen LogP contribution < -0.4 is 20.5 Å². The Kier molecular flexibility index (Phi) is 10.7. The largest absolute Gasteiger partial charge is 0.493 e. The first-order valence-electron chi connectivity index (χ1n) is 13.2. The number of primary amides is 1. The van der Waals surface area contributed by atoms with E-state index < -0.39 is 39.5 Å². The van der Waals surface area contributed by atoms with Crippen LogP contribution in [0.15, 0.2) is 36.4 Å². The second-order valence-electron chi connectivity index (χ2n) is 9.54. The zero-order valence-corrected chi connectivity index (χ0v) is 24.1. The second-order valence-corrected chi connectivity index (χ2v) is 11.7. The quantitative estimate of drug-likeness (QED) is 0.233. The molecule has 0 radical (unpaired) electrons. The fraction of sp³-hybridized carbons (Fsp3) is 0.429. The van der Waals surface area contributed by atoms with E-state index in [4.69, 9.17) is 15.2 Å². The van der Waals surface area contributed by atoms with Gasteiger partial charge in [0.15, 0.2) is 11.5 Å². The molecule has 1 atom stereocenters. The van der Waals surface area contributed by atoms with Crippen LogP contribution in [0.1, 0.15) is 71.3 Å². The third-order valence-electron chi connectivity index (χ3n) is 6.41. The van der Waals surface area contributed by atoms with Gasteiger partial charge in [0, 0.05) is 12.7 Å². The van der Waals surface area contributed by atoms with Crippen molar-refractivity contribution in [2.45, 2.75) is 45.1 Å². The summed E-state index contributed by atoms with van der Waals surface area (Å²) in [6.07, 6.45) is 3.02. The summed E-state index contributed by atoms with van der Waals surface area (Å²) in [7, 11) is -2.19. The Balaban J connectivity index is 1.81. The lowest BCUT2D eigenvalue weighted by Gasteiger charge is -2.27. The minimum absolute atomic E-state index is 0.00601. The van der Waals surface area contributed by atoms with Gasteiger partial charge < -0.3 is 25.3 Å². The number of rotatable bonds is 15. The van der Waals surface area contributed by atoms with Crippen molar-refractivity contribution in [2.75, 3.05) is 37.6 Å². The summed E-state index contributed by atoms with van der Waals surface area (Å²) < 4.78 is 40.5. The van der Waals surface area contributed by atoms with Gasteiger partial charge in [-0.1, -0.05) is 25.0 Å². The first-order chi connectivity index (χ1) is 19.5. The number of carbonyl (C=O) groups is 4. The predicted octanol–water partition coefficient (Wildman–Crippen LogP) is 3.46. The van der Waals surface area contributed by atoms with Crippen LogP contribution in [0.25, 0.3) is 0 Å². The summed E-state index contributed by atoms with van der Waals surface area (Å²) in [5, 5.41) is 2.72. The third-order valence-corrected chi connectivity index (χ3v) is 7.33. The molecule has 1 aliphatic heterocycles. The standard InChI is InChI=1S/C28H35N3O9S/c1-4-39-23-16-18(13-14-22(23)38-2)21(17-41(3,36)37)31-26(33)19-10-9-11-20(25(19)27(31)34)30-24(32)12-7-5-6-8-15-40-28(29)35/h9-11,13-14,16,21H,4-8,12,15,17H2,1-3H3,(H2,29,35)(H,30,32). The molecule has 4 amide bonds. The monoisotopic (exact) mass is 589 g/mol. The van der Waals surface area contributed by atoms with Crippen molar-refractivity contribution < 1.29 is 41.8 Å². The fourth-order valence-electron chi connectivity index (χ4n) is 4.59. The van der Waals surface area contributed by atoms with Crippen molar-refractivity contribution in [3.63, 3.8) is 0 Å². The van der Waals surface area contributed by atoms with Crippen molar-refractivity contribution >= 4 is 39.3 Å². The molecule has 41 heavy (non-hydrogen) atoms. The molecule has 3 N–H and O–H groups in total. The average Bonchev–Trinajstić information content (AvgIpc) is 3.16. The number of nitrogens with two attached hydrogens (primary N) is 1. The molecule has 222 valence electrons. The van der Waals surface area contributed by atoms with E-state index in [0.29, 0.717) is 42.9 Å². The molecule has 0 bridgehead atoms. The van der Waals surface area contributed by atoms with E-state index in [-0.39, 0.29) is 35.7 Å². The summed E-state index contributed by atoms with van der Waals surface area (Å²) >= 11 is 0. The van der Waals surface area contributed by atoms with Crippen molar-refractivity contribution in [3.8, 4) is 11.5 Å². The van der Waals surface area contributed by atoms with E-state index in [9.17, 15) is 27.6 Å². The van der Waals surface area contributed by atoms with Crippen molar-refractivity contribution in [1.82, 2.24) is 4.90 Å². The Morgan fingerprint density at radius 1 is 1.02 bits per heavy atom. The number of ether oxygens (including phenoxy) is 3. The van der Waals surface area contributed by atoms with Crippen LogP contribution in [0.4, 0.5) is 10.5 Å². The Morgan fingerprint density at radius 2 is 1.76 bits per heavy atom. The van der Waals surface area contributed by atoms with Crippen LogP contribution in [-0.4, -0.2) is 69.5 Å². The smallest absolute Gasteiger partial charge is 0.404 e. The molecule has 13 heteroatoms. The van der Waals surface area contributed by atoms with Gasteiger partial charge in [-0.3, -0.25) is 19.3 Å². The van der Waals surface area contributed by atoms with Crippen molar-refractivity contribution in [3.05, 3.63) is 53.1 Å². The first kappa shape index (κ1) is 31.4. The highest BCUT2D eigenvalue weighted by Crippen LogP contribution is 2.38. The van der Waals surface area contributed by atoms with E-state index in [1.54, 1.807) is 31.2 Å². The Labute approximate surface area is 239 Å². The molecular weight excluding hydrogens is 554 g/mol. The van der Waals surface area contributed by atoms with Gasteiger partial charge in [0.1, 0.15) is 9.84 Å². The SMILES string of the molecule is CCOc1cc(C(CS(C)(=O)=O)N2C(=O)c3cccc(NC(=O)CCCCCCOC(N)=O)c3C2=O)ccc1OC. The number of nitrogens with zero attached hydrogens (tertiary/aromatic N) is 1. The highest BCUT2D eigenvalue weighted by molar-refractivity contribution is 7.90. The number of imide groups is 1. The number of sulfone groups is 1. The van der Waals surface area contributed by atoms with E-state index in [1.807, 2.05) is 0 Å². The van der Waals surface area contributed by atoms with Gasteiger partial charge in [-0.05, 0) is 49.6 Å². The van der Waals surface area contributed by atoms with Crippen LogP contribution in [0.3, 0.4) is 0 Å². The Bertz CT molecular complexity index is 1410. The highest BCUT2D eigenvalue weighted by Gasteiger charge is 2.43. The van der Waals surface area contributed by atoms with E-state index in [1.165, 1.54) is 19.2 Å². The number of hydrogen-bond donors (Lipinski definition) is 2. The lowest BCUT2D eigenvalue weighted by molar-refractivity contribution is -0.116. The van der Waals surface area contributed by atoms with E-state index in [2.05, 4.69) is 10.1 Å². The molecule has 0 saturated heterocycles. The van der Waals surface area contributed by atoms with E-state index >= 15 is 0 Å². The summed E-state index contributed by atoms with van der Waals surface area (Å²) in [5.41, 5.74) is 5.54. The van der Waals surface area contributed by atoms with Gasteiger partial charge in [0.05, 0.1) is 48.9 Å². The number of unbranched alkanes of at least 4 members (excludes halogenated alkanes) is 3. The number of fused-ring (bicyclic) bond motifs is 1. The summed E-state index contributed by atoms with van der Waals surface area (Å²) in [6, 6.07) is 8.13. The molecular formula is C28H35N3O9S. The normalized spacial score (nSPS) is 13.5. The number of hydrogen-bond acceptors (Lipinski definition) is 9. The topological polar surface area (TPSA) is 171 Å². The number of amides is 4. The van der Waals surface area contributed by atoms with Gasteiger partial charge in [-0.2, -0.15) is 0 Å². The maximum Gasteiger partial charge on any atom is 0.404 e. The molecule has 2 aromatic carbocycles. The molecule has 0 aliphatic carbocycles. The molecule has 3 rings (SSSR count). The predicted molar refractivity (Wildman–Crippen MR) is 151 cm³/mol. The minimum atomic E-state index is -3.65. The molecule has 1 unspecified atom stereocenters. The molecule has 12 nitrogen and oxygen atoms in total. The maximum absolute atomic E-state index is 13.7. The summed E-state index contributed by atoms with van der Waals surface area (Å²) in [4.78, 5) is 51.4. The van der Waals surface area contributed by atoms with Gasteiger partial charge in [0.25, 0.3) is 11.8 Å². The molecule has 1 heterocycles. The molecule has 0 aromatic heterocycles. The van der Waals surface area contributed by atoms with Gasteiger partial charge in [-0.15, -0.1) is 0 Å². The number of methoxy groups -OCH3 is 1. The molecule has 0 spiro atoms. The number of nitrogens with one attached hydrogen (secondary N) is 1. The molecule has 0 fully saturated rings. The first-order valence-corrected chi connectivity index (χ1v) is 15.2. The molecule has 0 saturated carbocycles. The second kappa shape index (κ2) is 14.0. The summed E-state index contributed by atoms with van der Waals surface area (Å²) in [6.45, 7) is 2.31. The highest BCUT2D eigenvalue weighted by atomic mass is 32.2. The van der Waals surface area contributed by atoms with Crippen LogP contribution >= 0.6 is 0 Å². The summed E-state index contributed by atoms with van der Waals surface area (Å²) in [5.74, 6) is -1.46. The minimum Gasteiger partial charge on any atom is -0.493 e. The van der Waals surface area contributed by atoms with E-state index in [0.717, 1.165) is 17.6 Å². The lowest BCUT2D eigenvalue weighted by Crippen LogP contribution is -2.37. The van der Waals surface area contributed by atoms with Crippen LogP contribution in [0, 0.1) is 0 Å². The lowest BCUT2D eigenvalue weighted by atomic mass is 10.1. The van der Waals surface area contributed by atoms with Gasteiger partial charge >= 0.3 is 6.09 Å². The zero-order chi connectivity index (χ0) is 30.2. The van der Waals surface area contributed by atoms with Crippen LogP contribution in [0.5, 0.6) is 11.5 Å². The number of anilines is 1.